The largest absolute Gasteiger partial charge is 0.398 e. The van der Waals surface area contributed by atoms with Gasteiger partial charge in [0, 0.05) is 30.2 Å². The minimum atomic E-state index is -3.73. The first-order valence-corrected chi connectivity index (χ1v) is 8.46. The molecule has 1 rings (SSSR count). The number of halogens is 1. The van der Waals surface area contributed by atoms with Crippen LogP contribution in [-0.2, 0) is 14.8 Å². The number of nitrogens with two attached hydrogens (primary N) is 1. The Morgan fingerprint density at radius 1 is 1.33 bits per heavy atom. The first-order chi connectivity index (χ1) is 9.77. The Balaban J connectivity index is 2.68. The van der Waals surface area contributed by atoms with Crippen molar-refractivity contribution in [1.82, 2.24) is 10.0 Å². The van der Waals surface area contributed by atoms with Crippen molar-refractivity contribution >= 4 is 33.2 Å². The molecule has 0 aromatic heterocycles. The summed E-state index contributed by atoms with van der Waals surface area (Å²) in [7, 11) is -3.73. The average molecular weight is 334 g/mol. The van der Waals surface area contributed by atoms with Gasteiger partial charge in [0.05, 0.1) is 4.90 Å². The number of rotatable bonds is 7. The molecule has 1 amide bonds. The maximum Gasteiger partial charge on any atom is 0.240 e. The van der Waals surface area contributed by atoms with E-state index in [1.807, 2.05) is 6.92 Å². The highest BCUT2D eigenvalue weighted by Gasteiger charge is 2.16. The topological polar surface area (TPSA) is 101 Å². The number of hydrogen-bond donors (Lipinski definition) is 3. The fraction of sp³-hybridized carbons (Fsp3) is 0.462. The SMILES string of the molecule is CCCNC(=O)CCNS(=O)(=O)c1cc(N)c(C)c(Cl)c1. The number of carbonyl (C=O) groups is 1. The summed E-state index contributed by atoms with van der Waals surface area (Å²) in [6.45, 7) is 4.24. The summed E-state index contributed by atoms with van der Waals surface area (Å²) in [6, 6.07) is 2.69. The van der Waals surface area contributed by atoms with Gasteiger partial charge in [0.1, 0.15) is 0 Å². The van der Waals surface area contributed by atoms with E-state index in [-0.39, 0.29) is 28.8 Å². The highest BCUT2D eigenvalue weighted by molar-refractivity contribution is 7.89. The summed E-state index contributed by atoms with van der Waals surface area (Å²) < 4.78 is 26.5. The van der Waals surface area contributed by atoms with Crippen molar-refractivity contribution in [2.24, 2.45) is 0 Å². The van der Waals surface area contributed by atoms with Crippen LogP contribution in [0.4, 0.5) is 5.69 Å². The van der Waals surface area contributed by atoms with Crippen LogP contribution in [0.5, 0.6) is 0 Å². The maximum absolute atomic E-state index is 12.1. The number of nitrogens with one attached hydrogen (secondary N) is 2. The minimum Gasteiger partial charge on any atom is -0.398 e. The van der Waals surface area contributed by atoms with Gasteiger partial charge in [-0.1, -0.05) is 18.5 Å². The molecule has 0 aliphatic heterocycles. The van der Waals surface area contributed by atoms with Crippen molar-refractivity contribution < 1.29 is 13.2 Å². The van der Waals surface area contributed by atoms with Gasteiger partial charge in [0.15, 0.2) is 0 Å². The number of nitrogen functional groups attached to an aromatic ring is 1. The Bertz CT molecular complexity index is 594. The monoisotopic (exact) mass is 333 g/mol. The van der Waals surface area contributed by atoms with Crippen molar-refractivity contribution in [3.8, 4) is 0 Å². The number of benzene rings is 1. The van der Waals surface area contributed by atoms with Crippen LogP contribution in [0.2, 0.25) is 5.02 Å². The highest BCUT2D eigenvalue weighted by Crippen LogP contribution is 2.25. The molecule has 0 aliphatic rings. The summed E-state index contributed by atoms with van der Waals surface area (Å²) in [6.07, 6.45) is 0.910. The summed E-state index contributed by atoms with van der Waals surface area (Å²) in [5.74, 6) is -0.194. The summed E-state index contributed by atoms with van der Waals surface area (Å²) >= 11 is 5.93. The molecule has 0 bridgehead atoms. The second-order valence-corrected chi connectivity index (χ2v) is 6.79. The predicted octanol–water partition coefficient (Wildman–Crippen LogP) is 1.43. The summed E-state index contributed by atoms with van der Waals surface area (Å²) in [5, 5.41) is 2.96. The zero-order chi connectivity index (χ0) is 16.0. The quantitative estimate of drug-likeness (QED) is 0.657. The van der Waals surface area contributed by atoms with Gasteiger partial charge in [-0.2, -0.15) is 0 Å². The lowest BCUT2D eigenvalue weighted by atomic mass is 10.2. The van der Waals surface area contributed by atoms with E-state index < -0.39 is 10.0 Å². The van der Waals surface area contributed by atoms with Crippen LogP contribution < -0.4 is 15.8 Å². The number of sulfonamides is 1. The average Bonchev–Trinajstić information content (AvgIpc) is 2.41. The Morgan fingerprint density at radius 3 is 2.57 bits per heavy atom. The van der Waals surface area contributed by atoms with Crippen LogP contribution in [0.1, 0.15) is 25.3 Å². The Morgan fingerprint density at radius 2 is 2.00 bits per heavy atom. The Labute approximate surface area is 130 Å². The van der Waals surface area contributed by atoms with Crippen LogP contribution in [0.15, 0.2) is 17.0 Å². The molecule has 118 valence electrons. The molecular formula is C13H20ClN3O3S. The van der Waals surface area contributed by atoms with Crippen molar-refractivity contribution in [3.63, 3.8) is 0 Å². The van der Waals surface area contributed by atoms with E-state index in [9.17, 15) is 13.2 Å². The smallest absolute Gasteiger partial charge is 0.240 e. The molecule has 0 atom stereocenters. The summed E-state index contributed by atoms with van der Waals surface area (Å²) in [4.78, 5) is 11.4. The van der Waals surface area contributed by atoms with Gasteiger partial charge in [0.2, 0.25) is 15.9 Å². The van der Waals surface area contributed by atoms with E-state index in [2.05, 4.69) is 10.0 Å². The molecule has 0 unspecified atom stereocenters. The lowest BCUT2D eigenvalue weighted by molar-refractivity contribution is -0.120. The highest BCUT2D eigenvalue weighted by atomic mass is 35.5. The van der Waals surface area contributed by atoms with E-state index in [1.165, 1.54) is 12.1 Å². The number of carbonyl (C=O) groups excluding carboxylic acids is 1. The second-order valence-electron chi connectivity index (χ2n) is 4.62. The molecule has 0 spiro atoms. The predicted molar refractivity (Wildman–Crippen MR) is 83.7 cm³/mol. The molecule has 1 aromatic carbocycles. The van der Waals surface area contributed by atoms with Crippen molar-refractivity contribution in [3.05, 3.63) is 22.7 Å². The molecule has 8 heteroatoms. The van der Waals surface area contributed by atoms with Crippen LogP contribution >= 0.6 is 11.6 Å². The summed E-state index contributed by atoms with van der Waals surface area (Å²) in [5.41, 5.74) is 6.65. The van der Waals surface area contributed by atoms with Gasteiger partial charge in [-0.05, 0) is 31.0 Å². The van der Waals surface area contributed by atoms with Crippen molar-refractivity contribution in [1.29, 1.82) is 0 Å². The van der Waals surface area contributed by atoms with Crippen LogP contribution in [-0.4, -0.2) is 27.4 Å². The third kappa shape index (κ3) is 5.18. The lowest BCUT2D eigenvalue weighted by Crippen LogP contribution is -2.31. The van der Waals surface area contributed by atoms with Gasteiger partial charge < -0.3 is 11.1 Å². The van der Waals surface area contributed by atoms with E-state index in [1.54, 1.807) is 6.92 Å². The van der Waals surface area contributed by atoms with Gasteiger partial charge >= 0.3 is 0 Å². The second kappa shape index (κ2) is 7.63. The molecule has 0 saturated heterocycles. The molecule has 21 heavy (non-hydrogen) atoms. The normalized spacial score (nSPS) is 11.4. The van der Waals surface area contributed by atoms with E-state index in [0.29, 0.717) is 17.8 Å². The molecular weight excluding hydrogens is 314 g/mol. The van der Waals surface area contributed by atoms with Crippen molar-refractivity contribution in [2.75, 3.05) is 18.8 Å². The minimum absolute atomic E-state index is 0.00966. The lowest BCUT2D eigenvalue weighted by Gasteiger charge is -2.10. The molecule has 4 N–H and O–H groups in total. The van der Waals surface area contributed by atoms with Gasteiger partial charge in [0.25, 0.3) is 0 Å². The Hall–Kier alpha value is -1.31. The van der Waals surface area contributed by atoms with Crippen LogP contribution in [0.3, 0.4) is 0 Å². The van der Waals surface area contributed by atoms with E-state index >= 15 is 0 Å². The molecule has 0 saturated carbocycles. The van der Waals surface area contributed by atoms with Crippen LogP contribution in [0.25, 0.3) is 0 Å². The first-order valence-electron chi connectivity index (χ1n) is 6.60. The molecule has 0 radical (unpaired) electrons. The molecule has 6 nitrogen and oxygen atoms in total. The molecule has 0 heterocycles. The fourth-order valence-corrected chi connectivity index (χ4v) is 2.95. The van der Waals surface area contributed by atoms with Gasteiger partial charge in [-0.15, -0.1) is 0 Å². The zero-order valence-corrected chi connectivity index (χ0v) is 13.6. The molecule has 0 aliphatic carbocycles. The fourth-order valence-electron chi connectivity index (χ4n) is 1.56. The van der Waals surface area contributed by atoms with Gasteiger partial charge in [-0.25, -0.2) is 13.1 Å². The third-order valence-electron chi connectivity index (χ3n) is 2.88. The maximum atomic E-state index is 12.1. The van der Waals surface area contributed by atoms with Gasteiger partial charge in [-0.3, -0.25) is 4.79 Å². The van der Waals surface area contributed by atoms with E-state index in [4.69, 9.17) is 17.3 Å². The molecule has 1 aromatic rings. The van der Waals surface area contributed by atoms with Crippen LogP contribution in [0, 0.1) is 6.92 Å². The zero-order valence-electron chi connectivity index (χ0n) is 12.1. The van der Waals surface area contributed by atoms with E-state index in [0.717, 1.165) is 6.42 Å². The van der Waals surface area contributed by atoms with Crippen molar-refractivity contribution in [2.45, 2.75) is 31.6 Å². The number of hydrogen-bond acceptors (Lipinski definition) is 4. The number of anilines is 1. The number of amides is 1. The first kappa shape index (κ1) is 17.7. The third-order valence-corrected chi connectivity index (χ3v) is 4.72. The molecule has 0 fully saturated rings. The Kier molecular flexibility index (Phi) is 6.44. The standard InChI is InChI=1S/C13H20ClN3O3S/c1-3-5-16-13(18)4-6-17-21(19,20)10-7-11(14)9(2)12(15)8-10/h7-8,17H,3-6,15H2,1-2H3,(H,16,18).